The lowest BCUT2D eigenvalue weighted by atomic mass is 10.3. The van der Waals surface area contributed by atoms with E-state index in [1.807, 2.05) is 13.8 Å². The summed E-state index contributed by atoms with van der Waals surface area (Å²) in [4.78, 5) is 12.9. The molecule has 1 atom stereocenters. The first-order valence-corrected chi connectivity index (χ1v) is 7.06. The molecule has 0 saturated heterocycles. The Balaban J connectivity index is 2.08. The third kappa shape index (κ3) is 3.66. The summed E-state index contributed by atoms with van der Waals surface area (Å²) in [6.45, 7) is 5.95. The molecular weight excluding hydrogens is 262 g/mol. The minimum Gasteiger partial charge on any atom is -0.384 e. The Kier molecular flexibility index (Phi) is 4.36. The van der Waals surface area contributed by atoms with Gasteiger partial charge in [-0.15, -0.1) is 0 Å². The van der Waals surface area contributed by atoms with Crippen LogP contribution >= 0.6 is 11.8 Å². The van der Waals surface area contributed by atoms with E-state index in [0.29, 0.717) is 16.9 Å². The van der Waals surface area contributed by atoms with Crippen molar-refractivity contribution in [3.63, 3.8) is 0 Å². The van der Waals surface area contributed by atoms with Crippen LogP contribution in [0.5, 0.6) is 0 Å². The Morgan fingerprint density at radius 1 is 1.37 bits per heavy atom. The van der Waals surface area contributed by atoms with Gasteiger partial charge in [-0.05, 0) is 20.3 Å². The molecule has 7 heteroatoms. The average Bonchev–Trinajstić information content (AvgIpc) is 2.76. The van der Waals surface area contributed by atoms with Crippen LogP contribution in [0.15, 0.2) is 15.7 Å². The number of rotatable bonds is 5. The molecule has 102 valence electrons. The summed E-state index contributed by atoms with van der Waals surface area (Å²) in [5.41, 5.74) is 6.55. The summed E-state index contributed by atoms with van der Waals surface area (Å²) < 4.78 is 5.24. The van der Waals surface area contributed by atoms with Crippen molar-refractivity contribution in [2.45, 2.75) is 44.0 Å². The quantitative estimate of drug-likeness (QED) is 0.664. The van der Waals surface area contributed by atoms with E-state index >= 15 is 0 Å². The molecule has 19 heavy (non-hydrogen) atoms. The second kappa shape index (κ2) is 6.01. The van der Waals surface area contributed by atoms with Crippen LogP contribution in [0.3, 0.4) is 0 Å². The number of nitrogens with two attached hydrogens (primary N) is 1. The van der Waals surface area contributed by atoms with Gasteiger partial charge in [-0.2, -0.15) is 4.98 Å². The monoisotopic (exact) mass is 279 g/mol. The maximum atomic E-state index is 5.70. The van der Waals surface area contributed by atoms with Gasteiger partial charge in [-0.1, -0.05) is 23.8 Å². The van der Waals surface area contributed by atoms with Crippen molar-refractivity contribution >= 4 is 17.6 Å². The van der Waals surface area contributed by atoms with Gasteiger partial charge in [0.05, 0.1) is 5.25 Å². The second-order valence-corrected chi connectivity index (χ2v) is 5.58. The van der Waals surface area contributed by atoms with Gasteiger partial charge in [0, 0.05) is 18.2 Å². The molecule has 0 amide bonds. The molecule has 0 saturated carbocycles. The Hall–Kier alpha value is -1.63. The van der Waals surface area contributed by atoms with E-state index in [-0.39, 0.29) is 5.25 Å². The molecule has 2 rings (SSSR count). The van der Waals surface area contributed by atoms with Gasteiger partial charge in [0.15, 0.2) is 11.0 Å². The zero-order valence-electron chi connectivity index (χ0n) is 11.3. The molecule has 2 aromatic heterocycles. The predicted molar refractivity (Wildman–Crippen MR) is 73.7 cm³/mol. The van der Waals surface area contributed by atoms with E-state index in [9.17, 15) is 0 Å². The van der Waals surface area contributed by atoms with Crippen molar-refractivity contribution in [1.82, 2.24) is 20.1 Å². The predicted octanol–water partition coefficient (Wildman–Crippen LogP) is 2.56. The number of hydrogen-bond acceptors (Lipinski definition) is 7. The highest BCUT2D eigenvalue weighted by Gasteiger charge is 2.17. The lowest BCUT2D eigenvalue weighted by Gasteiger charge is -2.06. The number of anilines is 1. The van der Waals surface area contributed by atoms with E-state index in [2.05, 4.69) is 27.0 Å². The number of thioether (sulfide) groups is 1. The fraction of sp³-hybridized carbons (Fsp3) is 0.500. The van der Waals surface area contributed by atoms with Crippen LogP contribution in [0.2, 0.25) is 0 Å². The van der Waals surface area contributed by atoms with Crippen LogP contribution in [-0.2, 0) is 6.42 Å². The smallest absolute Gasteiger partial charge is 0.239 e. The molecule has 0 bridgehead atoms. The molecule has 0 spiro atoms. The first-order chi connectivity index (χ1) is 9.08. The molecular formula is C12H17N5OS. The standard InChI is InChI=1S/C12H17N5OS/c1-4-5-10-16-11(18-17-10)8(3)19-12-14-7(2)6-9(13)15-12/h6,8H,4-5H2,1-3H3,(H2,13,14,15). The molecule has 0 aliphatic rings. The van der Waals surface area contributed by atoms with Crippen LogP contribution in [0.25, 0.3) is 0 Å². The van der Waals surface area contributed by atoms with Crippen LogP contribution in [0.4, 0.5) is 5.82 Å². The third-order valence-electron chi connectivity index (χ3n) is 2.44. The van der Waals surface area contributed by atoms with E-state index in [4.69, 9.17) is 10.3 Å². The SMILES string of the molecule is CCCc1noc(C(C)Sc2nc(C)cc(N)n2)n1. The van der Waals surface area contributed by atoms with E-state index in [1.165, 1.54) is 11.8 Å². The second-order valence-electron chi connectivity index (χ2n) is 4.28. The van der Waals surface area contributed by atoms with Gasteiger partial charge in [0.1, 0.15) is 5.82 Å². The fourth-order valence-corrected chi connectivity index (χ4v) is 2.45. The molecule has 2 heterocycles. The van der Waals surface area contributed by atoms with Crippen molar-refractivity contribution in [3.8, 4) is 0 Å². The molecule has 2 N–H and O–H groups in total. The number of nitrogen functional groups attached to an aromatic ring is 1. The molecule has 6 nitrogen and oxygen atoms in total. The first kappa shape index (κ1) is 13.8. The van der Waals surface area contributed by atoms with Crippen molar-refractivity contribution < 1.29 is 4.52 Å². The third-order valence-corrected chi connectivity index (χ3v) is 3.39. The minimum absolute atomic E-state index is 0.000642. The van der Waals surface area contributed by atoms with Crippen LogP contribution in [0, 0.1) is 6.92 Å². The molecule has 0 aliphatic heterocycles. The lowest BCUT2D eigenvalue weighted by Crippen LogP contribution is -1.98. The van der Waals surface area contributed by atoms with Gasteiger partial charge in [0.25, 0.3) is 0 Å². The number of aromatic nitrogens is 4. The van der Waals surface area contributed by atoms with Crippen molar-refractivity contribution in [2.24, 2.45) is 0 Å². The Morgan fingerprint density at radius 3 is 2.84 bits per heavy atom. The van der Waals surface area contributed by atoms with Crippen LogP contribution in [0.1, 0.15) is 42.9 Å². The topological polar surface area (TPSA) is 90.7 Å². The maximum Gasteiger partial charge on any atom is 0.239 e. The highest BCUT2D eigenvalue weighted by Crippen LogP contribution is 2.32. The number of hydrogen-bond donors (Lipinski definition) is 1. The van der Waals surface area contributed by atoms with Crippen molar-refractivity contribution in [2.75, 3.05) is 5.73 Å². The maximum absolute atomic E-state index is 5.70. The zero-order valence-corrected chi connectivity index (χ0v) is 12.1. The molecule has 0 aliphatic carbocycles. The van der Waals surface area contributed by atoms with E-state index in [1.54, 1.807) is 6.07 Å². The normalized spacial score (nSPS) is 12.6. The largest absolute Gasteiger partial charge is 0.384 e. The summed E-state index contributed by atoms with van der Waals surface area (Å²) >= 11 is 1.46. The zero-order chi connectivity index (χ0) is 13.8. The van der Waals surface area contributed by atoms with Crippen molar-refractivity contribution in [3.05, 3.63) is 23.5 Å². The fourth-order valence-electron chi connectivity index (χ4n) is 1.58. The molecule has 0 fully saturated rings. The molecule has 0 aromatic carbocycles. The molecule has 0 radical (unpaired) electrons. The van der Waals surface area contributed by atoms with Gasteiger partial charge in [-0.3, -0.25) is 0 Å². The molecule has 2 aromatic rings. The summed E-state index contributed by atoms with van der Waals surface area (Å²) in [6.07, 6.45) is 1.83. The minimum atomic E-state index is -0.000642. The van der Waals surface area contributed by atoms with Crippen LogP contribution in [-0.4, -0.2) is 20.1 Å². The van der Waals surface area contributed by atoms with Crippen molar-refractivity contribution in [1.29, 1.82) is 0 Å². The van der Waals surface area contributed by atoms with Gasteiger partial charge >= 0.3 is 0 Å². The van der Waals surface area contributed by atoms with Gasteiger partial charge in [-0.25, -0.2) is 9.97 Å². The Morgan fingerprint density at radius 2 is 2.16 bits per heavy atom. The van der Waals surface area contributed by atoms with Gasteiger partial charge < -0.3 is 10.3 Å². The summed E-state index contributed by atoms with van der Waals surface area (Å²) in [7, 11) is 0. The van der Waals surface area contributed by atoms with E-state index < -0.39 is 0 Å². The summed E-state index contributed by atoms with van der Waals surface area (Å²) in [5.74, 6) is 1.81. The Bertz CT molecular complexity index is 537. The highest BCUT2D eigenvalue weighted by molar-refractivity contribution is 7.99. The lowest BCUT2D eigenvalue weighted by molar-refractivity contribution is 0.374. The number of nitrogens with zero attached hydrogens (tertiary/aromatic N) is 4. The van der Waals surface area contributed by atoms with E-state index in [0.717, 1.165) is 24.4 Å². The van der Waals surface area contributed by atoms with Crippen LogP contribution < -0.4 is 5.73 Å². The number of aryl methyl sites for hydroxylation is 2. The van der Waals surface area contributed by atoms with Gasteiger partial charge in [0.2, 0.25) is 5.89 Å². The molecule has 1 unspecified atom stereocenters. The highest BCUT2D eigenvalue weighted by atomic mass is 32.2. The average molecular weight is 279 g/mol. The Labute approximate surface area is 116 Å². The first-order valence-electron chi connectivity index (χ1n) is 6.18. The summed E-state index contributed by atoms with van der Waals surface area (Å²) in [5, 5.41) is 4.56. The summed E-state index contributed by atoms with van der Waals surface area (Å²) in [6, 6.07) is 1.74.